The zero-order valence-electron chi connectivity index (χ0n) is 19.0. The summed E-state index contributed by atoms with van der Waals surface area (Å²) >= 11 is 0. The summed E-state index contributed by atoms with van der Waals surface area (Å²) in [7, 11) is 0. The van der Waals surface area contributed by atoms with Crippen LogP contribution >= 0.6 is 0 Å². The minimum absolute atomic E-state index is 0.00179. The Balaban J connectivity index is 1.65. The van der Waals surface area contributed by atoms with Gasteiger partial charge in [0.05, 0.1) is 12.8 Å². The molecule has 0 saturated carbocycles. The van der Waals surface area contributed by atoms with Crippen LogP contribution in [0, 0.1) is 0 Å². The Morgan fingerprint density at radius 3 is 2.71 bits per heavy atom. The summed E-state index contributed by atoms with van der Waals surface area (Å²) in [6, 6.07) is 15.1. The number of amides is 1. The van der Waals surface area contributed by atoms with Crippen LogP contribution in [0.1, 0.15) is 48.3 Å². The van der Waals surface area contributed by atoms with Crippen molar-refractivity contribution in [2.24, 2.45) is 5.10 Å². The number of hydrazone groups is 1. The number of hydrogen-bond acceptors (Lipinski definition) is 9. The molecular formula is C23H24N8O3. The first-order valence-corrected chi connectivity index (χ1v) is 10.7. The monoisotopic (exact) mass is 460 g/mol. The van der Waals surface area contributed by atoms with Crippen molar-refractivity contribution in [3.05, 3.63) is 65.4 Å². The number of carbonyl (C=O) groups is 1. The van der Waals surface area contributed by atoms with Crippen molar-refractivity contribution in [2.75, 3.05) is 12.3 Å². The van der Waals surface area contributed by atoms with Crippen LogP contribution in [-0.2, 0) is 0 Å². The Labute approximate surface area is 195 Å². The third-order valence-electron chi connectivity index (χ3n) is 4.98. The number of nitrogens with two attached hydrogens (primary N) is 1. The van der Waals surface area contributed by atoms with Gasteiger partial charge in [-0.2, -0.15) is 9.78 Å². The third-order valence-corrected chi connectivity index (χ3v) is 4.98. The van der Waals surface area contributed by atoms with Crippen LogP contribution in [0.5, 0.6) is 5.75 Å². The lowest BCUT2D eigenvalue weighted by atomic mass is 10.0. The second kappa shape index (κ2) is 9.94. The number of carbonyl (C=O) groups excluding carboxylic acids is 1. The lowest BCUT2D eigenvalue weighted by Crippen LogP contribution is -2.19. The highest BCUT2D eigenvalue weighted by atomic mass is 16.6. The Morgan fingerprint density at radius 1 is 1.24 bits per heavy atom. The first-order chi connectivity index (χ1) is 16.5. The van der Waals surface area contributed by atoms with Crippen LogP contribution in [0.3, 0.4) is 0 Å². The van der Waals surface area contributed by atoms with Gasteiger partial charge in [-0.25, -0.2) is 10.1 Å². The highest BCUT2D eigenvalue weighted by Gasteiger charge is 2.25. The molecule has 1 amide bonds. The summed E-state index contributed by atoms with van der Waals surface area (Å²) in [6.45, 7) is 6.62. The smallest absolute Gasteiger partial charge is 0.294 e. The number of rotatable bonds is 8. The van der Waals surface area contributed by atoms with Gasteiger partial charge in [0.15, 0.2) is 5.69 Å². The Morgan fingerprint density at radius 2 is 2.03 bits per heavy atom. The molecule has 0 bridgehead atoms. The van der Waals surface area contributed by atoms with E-state index in [9.17, 15) is 4.79 Å². The molecule has 2 heterocycles. The number of nitrogen functional groups attached to an aromatic ring is 1. The highest BCUT2D eigenvalue weighted by molar-refractivity contribution is 5.99. The fourth-order valence-electron chi connectivity index (χ4n) is 3.27. The predicted octanol–water partition coefficient (Wildman–Crippen LogP) is 3.19. The topological polar surface area (TPSA) is 146 Å². The molecule has 174 valence electrons. The standard InChI is InChI=1S/C23H24N8O3/c1-4-33-18-7-5-6-17(12-18)20-19(26-30-31(20)22-21(24)28-34-29-22)23(32)27-25-13-15-8-10-16(11-9-15)14(2)3/h5-14H,4H2,1-3H3,(H2,24,28)(H,27,32). The first-order valence-electron chi connectivity index (χ1n) is 10.7. The quantitative estimate of drug-likeness (QED) is 0.301. The molecule has 0 fully saturated rings. The summed E-state index contributed by atoms with van der Waals surface area (Å²) in [5, 5.41) is 19.5. The van der Waals surface area contributed by atoms with Crippen LogP contribution in [-0.4, -0.2) is 44.0 Å². The summed E-state index contributed by atoms with van der Waals surface area (Å²) in [4.78, 5) is 13.0. The average Bonchev–Trinajstić information content (AvgIpc) is 3.45. The van der Waals surface area contributed by atoms with Gasteiger partial charge in [0.2, 0.25) is 11.6 Å². The van der Waals surface area contributed by atoms with Gasteiger partial charge in [-0.3, -0.25) is 4.79 Å². The van der Waals surface area contributed by atoms with E-state index in [1.807, 2.05) is 37.3 Å². The molecule has 4 aromatic rings. The predicted molar refractivity (Wildman–Crippen MR) is 126 cm³/mol. The molecule has 2 aromatic heterocycles. The van der Waals surface area contributed by atoms with E-state index in [4.69, 9.17) is 15.1 Å². The van der Waals surface area contributed by atoms with E-state index in [1.54, 1.807) is 24.4 Å². The minimum Gasteiger partial charge on any atom is -0.494 e. The average molecular weight is 460 g/mol. The molecule has 0 radical (unpaired) electrons. The molecule has 0 unspecified atom stereocenters. The van der Waals surface area contributed by atoms with Crippen LogP contribution < -0.4 is 15.9 Å². The maximum absolute atomic E-state index is 13.0. The fourth-order valence-corrected chi connectivity index (χ4v) is 3.27. The second-order valence-corrected chi connectivity index (χ2v) is 7.65. The Bertz CT molecular complexity index is 1310. The van der Waals surface area contributed by atoms with E-state index in [0.717, 1.165) is 5.56 Å². The number of anilines is 1. The molecular weight excluding hydrogens is 436 g/mol. The number of benzene rings is 2. The third kappa shape index (κ3) is 4.77. The Hall–Kier alpha value is -4.54. The van der Waals surface area contributed by atoms with Gasteiger partial charge in [-0.15, -0.1) is 5.10 Å². The van der Waals surface area contributed by atoms with E-state index in [-0.39, 0.29) is 17.3 Å². The van der Waals surface area contributed by atoms with Crippen molar-refractivity contribution in [2.45, 2.75) is 26.7 Å². The molecule has 11 heteroatoms. The van der Waals surface area contributed by atoms with Crippen molar-refractivity contribution in [3.8, 4) is 22.8 Å². The van der Waals surface area contributed by atoms with E-state index in [1.165, 1.54) is 10.2 Å². The highest BCUT2D eigenvalue weighted by Crippen LogP contribution is 2.29. The molecule has 0 aliphatic heterocycles. The largest absolute Gasteiger partial charge is 0.494 e. The van der Waals surface area contributed by atoms with Gasteiger partial charge in [0.1, 0.15) is 11.4 Å². The zero-order chi connectivity index (χ0) is 24.1. The molecule has 11 nitrogen and oxygen atoms in total. The lowest BCUT2D eigenvalue weighted by Gasteiger charge is -2.08. The van der Waals surface area contributed by atoms with Gasteiger partial charge >= 0.3 is 0 Å². The van der Waals surface area contributed by atoms with Crippen LogP contribution in [0.25, 0.3) is 17.1 Å². The van der Waals surface area contributed by atoms with Gasteiger partial charge < -0.3 is 10.5 Å². The lowest BCUT2D eigenvalue weighted by molar-refractivity contribution is 0.0950. The number of ether oxygens (including phenoxy) is 1. The number of nitrogens with zero attached hydrogens (tertiary/aromatic N) is 6. The summed E-state index contributed by atoms with van der Waals surface area (Å²) in [5.74, 6) is 0.599. The molecule has 34 heavy (non-hydrogen) atoms. The SMILES string of the molecule is CCOc1cccc(-c2c(C(=O)NN=Cc3ccc(C(C)C)cc3)nnn2-c2nonc2N)c1. The molecule has 3 N–H and O–H groups in total. The summed E-state index contributed by atoms with van der Waals surface area (Å²) in [5.41, 5.74) is 11.4. The molecule has 2 aromatic carbocycles. The van der Waals surface area contributed by atoms with Crippen LogP contribution in [0.2, 0.25) is 0 Å². The number of aromatic nitrogens is 5. The summed E-state index contributed by atoms with van der Waals surface area (Å²) in [6.07, 6.45) is 1.56. The van der Waals surface area contributed by atoms with Crippen molar-refractivity contribution < 1.29 is 14.2 Å². The van der Waals surface area contributed by atoms with Gasteiger partial charge in [-0.1, -0.05) is 55.5 Å². The fraction of sp³-hybridized carbons (Fsp3) is 0.217. The summed E-state index contributed by atoms with van der Waals surface area (Å²) < 4.78 is 11.6. The van der Waals surface area contributed by atoms with Crippen molar-refractivity contribution in [1.29, 1.82) is 0 Å². The van der Waals surface area contributed by atoms with Crippen molar-refractivity contribution in [3.63, 3.8) is 0 Å². The van der Waals surface area contributed by atoms with E-state index < -0.39 is 5.91 Å². The number of hydrogen-bond donors (Lipinski definition) is 2. The van der Waals surface area contributed by atoms with Gasteiger partial charge in [-0.05, 0) is 46.4 Å². The van der Waals surface area contributed by atoms with Crippen LogP contribution in [0.15, 0.2) is 58.3 Å². The maximum Gasteiger partial charge on any atom is 0.294 e. The first kappa shape index (κ1) is 22.6. The molecule has 0 saturated heterocycles. The van der Waals surface area contributed by atoms with E-state index in [2.05, 4.69) is 45.0 Å². The van der Waals surface area contributed by atoms with Crippen molar-refractivity contribution in [1.82, 2.24) is 30.7 Å². The Kier molecular flexibility index (Phi) is 6.62. The van der Waals surface area contributed by atoms with Crippen molar-refractivity contribution >= 4 is 17.9 Å². The molecule has 0 atom stereocenters. The molecule has 0 aliphatic carbocycles. The number of nitrogens with one attached hydrogen (secondary N) is 1. The minimum atomic E-state index is -0.562. The zero-order valence-corrected chi connectivity index (χ0v) is 19.0. The van der Waals surface area contributed by atoms with Crippen LogP contribution in [0.4, 0.5) is 5.82 Å². The maximum atomic E-state index is 13.0. The second-order valence-electron chi connectivity index (χ2n) is 7.65. The van der Waals surface area contributed by atoms with Gasteiger partial charge in [0.25, 0.3) is 5.91 Å². The normalized spacial score (nSPS) is 11.3. The van der Waals surface area contributed by atoms with E-state index in [0.29, 0.717) is 29.5 Å². The molecule has 0 spiro atoms. The van der Waals surface area contributed by atoms with Gasteiger partial charge in [0, 0.05) is 5.56 Å². The molecule has 0 aliphatic rings. The molecule has 4 rings (SSSR count). The van der Waals surface area contributed by atoms with E-state index >= 15 is 0 Å².